The fourth-order valence-corrected chi connectivity index (χ4v) is 2.57. The number of nitrogens with zero attached hydrogens (tertiary/aromatic N) is 1. The molecule has 1 aliphatic heterocycles. The van der Waals surface area contributed by atoms with Gasteiger partial charge in [0.25, 0.3) is 0 Å². The summed E-state index contributed by atoms with van der Waals surface area (Å²) in [5.41, 5.74) is 1.13. The maximum atomic E-state index is 11.7. The third-order valence-electron chi connectivity index (χ3n) is 3.41. The van der Waals surface area contributed by atoms with E-state index in [2.05, 4.69) is 6.07 Å². The van der Waals surface area contributed by atoms with Gasteiger partial charge < -0.3 is 9.64 Å². The molecule has 1 heterocycles. The Bertz CT molecular complexity index is 403. The van der Waals surface area contributed by atoms with E-state index < -0.39 is 0 Å². The zero-order valence-electron chi connectivity index (χ0n) is 10.5. The number of piperidine rings is 1. The van der Waals surface area contributed by atoms with Crippen LogP contribution in [-0.2, 0) is 4.79 Å². The summed E-state index contributed by atoms with van der Waals surface area (Å²) in [5.74, 6) is 1.03. The number of rotatable bonds is 2. The fraction of sp³-hybridized carbons (Fsp3) is 0.500. The first-order chi connectivity index (χ1) is 8.24. The average molecular weight is 233 g/mol. The van der Waals surface area contributed by atoms with Crippen molar-refractivity contribution >= 4 is 5.91 Å². The Morgan fingerprint density at radius 3 is 2.82 bits per heavy atom. The highest BCUT2D eigenvalue weighted by Crippen LogP contribution is 2.35. The third kappa shape index (κ3) is 2.43. The number of methoxy groups -OCH3 is 1. The predicted octanol–water partition coefficient (Wildman–Crippen LogP) is 2.77. The van der Waals surface area contributed by atoms with Gasteiger partial charge in [0.15, 0.2) is 0 Å². The summed E-state index contributed by atoms with van der Waals surface area (Å²) in [5, 5.41) is 0. The lowest BCUT2D eigenvalue weighted by molar-refractivity contribution is -0.132. The largest absolute Gasteiger partial charge is 0.496 e. The minimum Gasteiger partial charge on any atom is -0.496 e. The van der Waals surface area contributed by atoms with E-state index in [-0.39, 0.29) is 11.9 Å². The first kappa shape index (κ1) is 12.0. The molecular formula is C14H19NO2. The number of amides is 1. The van der Waals surface area contributed by atoms with E-state index in [4.69, 9.17) is 4.74 Å². The average Bonchev–Trinajstić information content (AvgIpc) is 2.38. The number of carbonyl (C=O) groups excluding carboxylic acids is 1. The van der Waals surface area contributed by atoms with Crippen molar-refractivity contribution in [1.82, 2.24) is 4.90 Å². The third-order valence-corrected chi connectivity index (χ3v) is 3.41. The number of carbonyl (C=O) groups is 1. The molecule has 1 aliphatic rings. The van der Waals surface area contributed by atoms with E-state index in [1.165, 1.54) is 6.42 Å². The van der Waals surface area contributed by atoms with Crippen LogP contribution in [0.15, 0.2) is 24.3 Å². The zero-order chi connectivity index (χ0) is 12.3. The van der Waals surface area contributed by atoms with Crippen molar-refractivity contribution in [2.24, 2.45) is 0 Å². The summed E-state index contributed by atoms with van der Waals surface area (Å²) < 4.78 is 5.39. The maximum Gasteiger partial charge on any atom is 0.219 e. The van der Waals surface area contributed by atoms with Crippen LogP contribution in [0.4, 0.5) is 0 Å². The molecule has 1 aromatic rings. The van der Waals surface area contributed by atoms with Crippen LogP contribution in [0.25, 0.3) is 0 Å². The number of likely N-dealkylation sites (tertiary alicyclic amines) is 1. The normalized spacial score (nSPS) is 20.1. The van der Waals surface area contributed by atoms with E-state index >= 15 is 0 Å². The second-order valence-corrected chi connectivity index (χ2v) is 4.47. The Hall–Kier alpha value is -1.51. The quantitative estimate of drug-likeness (QED) is 0.786. The van der Waals surface area contributed by atoms with Crippen molar-refractivity contribution in [2.45, 2.75) is 32.2 Å². The number of benzene rings is 1. The molecule has 0 aliphatic carbocycles. The second kappa shape index (κ2) is 5.21. The van der Waals surface area contributed by atoms with Crippen molar-refractivity contribution in [3.8, 4) is 5.75 Å². The van der Waals surface area contributed by atoms with Gasteiger partial charge in [-0.3, -0.25) is 4.79 Å². The predicted molar refractivity (Wildman–Crippen MR) is 67.0 cm³/mol. The molecule has 0 saturated carbocycles. The highest BCUT2D eigenvalue weighted by Gasteiger charge is 2.27. The molecular weight excluding hydrogens is 214 g/mol. The number of hydrogen-bond donors (Lipinski definition) is 0. The monoisotopic (exact) mass is 233 g/mol. The highest BCUT2D eigenvalue weighted by molar-refractivity contribution is 5.74. The Morgan fingerprint density at radius 1 is 1.35 bits per heavy atom. The van der Waals surface area contributed by atoms with Crippen LogP contribution < -0.4 is 4.74 Å². The molecule has 1 aromatic carbocycles. The van der Waals surface area contributed by atoms with E-state index in [0.717, 1.165) is 30.7 Å². The summed E-state index contributed by atoms with van der Waals surface area (Å²) in [6, 6.07) is 8.17. The van der Waals surface area contributed by atoms with Crippen molar-refractivity contribution in [1.29, 1.82) is 0 Å². The highest BCUT2D eigenvalue weighted by atomic mass is 16.5. The molecule has 3 heteroatoms. The molecule has 0 radical (unpaired) electrons. The van der Waals surface area contributed by atoms with Gasteiger partial charge in [0.2, 0.25) is 5.91 Å². The standard InChI is InChI=1S/C14H19NO2/c1-11(16)15-10-6-5-8-13(15)12-7-3-4-9-14(12)17-2/h3-4,7,9,13H,5-6,8,10H2,1-2H3/t13-/m1/s1. The van der Waals surface area contributed by atoms with Gasteiger partial charge in [-0.25, -0.2) is 0 Å². The van der Waals surface area contributed by atoms with Crippen molar-refractivity contribution in [2.75, 3.05) is 13.7 Å². The molecule has 0 aromatic heterocycles. The molecule has 1 saturated heterocycles. The van der Waals surface area contributed by atoms with Gasteiger partial charge >= 0.3 is 0 Å². The Balaban J connectivity index is 2.32. The molecule has 0 unspecified atom stereocenters. The first-order valence-electron chi connectivity index (χ1n) is 6.14. The van der Waals surface area contributed by atoms with Crippen molar-refractivity contribution in [3.63, 3.8) is 0 Å². The van der Waals surface area contributed by atoms with Crippen LogP contribution in [0.5, 0.6) is 5.75 Å². The fourth-order valence-electron chi connectivity index (χ4n) is 2.57. The van der Waals surface area contributed by atoms with Gasteiger partial charge in [-0.15, -0.1) is 0 Å². The maximum absolute atomic E-state index is 11.7. The number of para-hydroxylation sites is 1. The van der Waals surface area contributed by atoms with Crippen molar-refractivity contribution < 1.29 is 9.53 Å². The number of hydrogen-bond acceptors (Lipinski definition) is 2. The lowest BCUT2D eigenvalue weighted by atomic mass is 9.94. The first-order valence-corrected chi connectivity index (χ1v) is 6.14. The van der Waals surface area contributed by atoms with Gasteiger partial charge in [0.1, 0.15) is 5.75 Å². The SMILES string of the molecule is COc1ccccc1[C@H]1CCCCN1C(C)=O. The minimum atomic E-state index is 0.153. The van der Waals surface area contributed by atoms with E-state index in [9.17, 15) is 4.79 Å². The van der Waals surface area contributed by atoms with Crippen LogP contribution in [0.2, 0.25) is 0 Å². The Morgan fingerprint density at radius 2 is 2.12 bits per heavy atom. The van der Waals surface area contributed by atoms with E-state index in [1.807, 2.05) is 23.1 Å². The summed E-state index contributed by atoms with van der Waals surface area (Å²) in [4.78, 5) is 13.6. The summed E-state index contributed by atoms with van der Waals surface area (Å²) in [7, 11) is 1.68. The van der Waals surface area contributed by atoms with Crippen LogP contribution in [0, 0.1) is 0 Å². The zero-order valence-corrected chi connectivity index (χ0v) is 10.5. The van der Waals surface area contributed by atoms with Crippen LogP contribution in [0.1, 0.15) is 37.8 Å². The molecule has 17 heavy (non-hydrogen) atoms. The van der Waals surface area contributed by atoms with Crippen LogP contribution >= 0.6 is 0 Å². The van der Waals surface area contributed by atoms with E-state index in [1.54, 1.807) is 14.0 Å². The molecule has 92 valence electrons. The Kier molecular flexibility index (Phi) is 3.67. The summed E-state index contributed by atoms with van der Waals surface area (Å²) >= 11 is 0. The summed E-state index contributed by atoms with van der Waals surface area (Å²) in [6.07, 6.45) is 3.30. The van der Waals surface area contributed by atoms with Crippen LogP contribution in [-0.4, -0.2) is 24.5 Å². The van der Waals surface area contributed by atoms with Gasteiger partial charge in [-0.2, -0.15) is 0 Å². The minimum absolute atomic E-state index is 0.153. The smallest absolute Gasteiger partial charge is 0.219 e. The molecule has 0 N–H and O–H groups in total. The van der Waals surface area contributed by atoms with E-state index in [0.29, 0.717) is 0 Å². The molecule has 2 rings (SSSR count). The Labute approximate surface area is 102 Å². The summed E-state index contributed by atoms with van der Waals surface area (Å²) in [6.45, 7) is 2.51. The number of ether oxygens (including phenoxy) is 1. The van der Waals surface area contributed by atoms with Crippen molar-refractivity contribution in [3.05, 3.63) is 29.8 Å². The molecule has 1 amide bonds. The van der Waals surface area contributed by atoms with Gasteiger partial charge in [0.05, 0.1) is 13.2 Å². The van der Waals surface area contributed by atoms with Gasteiger partial charge in [0, 0.05) is 19.0 Å². The molecule has 1 fully saturated rings. The molecule has 0 bridgehead atoms. The topological polar surface area (TPSA) is 29.5 Å². The lowest BCUT2D eigenvalue weighted by Crippen LogP contribution is -2.37. The van der Waals surface area contributed by atoms with Gasteiger partial charge in [-0.1, -0.05) is 18.2 Å². The molecule has 0 spiro atoms. The lowest BCUT2D eigenvalue weighted by Gasteiger charge is -2.36. The van der Waals surface area contributed by atoms with Gasteiger partial charge in [-0.05, 0) is 25.3 Å². The van der Waals surface area contributed by atoms with Crippen LogP contribution in [0.3, 0.4) is 0 Å². The second-order valence-electron chi connectivity index (χ2n) is 4.47. The molecule has 1 atom stereocenters. The molecule has 3 nitrogen and oxygen atoms in total.